The van der Waals surface area contributed by atoms with Gasteiger partial charge < -0.3 is 16.4 Å². The highest BCUT2D eigenvalue weighted by molar-refractivity contribution is 6.33. The SMILES string of the molecule is CCC(=O)Nc1ccc(Cl)c(NC(=O)CC(CC)CN)c1. The minimum Gasteiger partial charge on any atom is -0.330 e. The van der Waals surface area contributed by atoms with Crippen molar-refractivity contribution in [2.24, 2.45) is 11.7 Å². The highest BCUT2D eigenvalue weighted by Gasteiger charge is 2.12. The van der Waals surface area contributed by atoms with Gasteiger partial charge in [0.15, 0.2) is 0 Å². The normalized spacial score (nSPS) is 11.8. The highest BCUT2D eigenvalue weighted by Crippen LogP contribution is 2.26. The molecule has 1 rings (SSSR count). The zero-order valence-electron chi connectivity index (χ0n) is 12.4. The summed E-state index contributed by atoms with van der Waals surface area (Å²) in [5.41, 5.74) is 6.69. The second-order valence-electron chi connectivity index (χ2n) is 4.86. The molecule has 0 saturated heterocycles. The Labute approximate surface area is 130 Å². The van der Waals surface area contributed by atoms with Crippen LogP contribution in [-0.2, 0) is 9.59 Å². The molecule has 0 fully saturated rings. The van der Waals surface area contributed by atoms with E-state index in [1.165, 1.54) is 0 Å². The maximum atomic E-state index is 12.0. The van der Waals surface area contributed by atoms with E-state index >= 15 is 0 Å². The van der Waals surface area contributed by atoms with E-state index in [0.717, 1.165) is 6.42 Å². The molecule has 2 amide bonds. The lowest BCUT2D eigenvalue weighted by molar-refractivity contribution is -0.117. The van der Waals surface area contributed by atoms with Gasteiger partial charge in [0, 0.05) is 18.5 Å². The molecule has 1 aromatic carbocycles. The van der Waals surface area contributed by atoms with Gasteiger partial charge in [-0.25, -0.2) is 0 Å². The molecule has 0 aliphatic rings. The van der Waals surface area contributed by atoms with Gasteiger partial charge in [-0.1, -0.05) is 31.9 Å². The minimum atomic E-state index is -0.131. The molecule has 1 unspecified atom stereocenters. The first-order chi connectivity index (χ1) is 9.99. The largest absolute Gasteiger partial charge is 0.330 e. The number of nitrogens with two attached hydrogens (primary N) is 1. The molecule has 0 aromatic heterocycles. The molecule has 21 heavy (non-hydrogen) atoms. The summed E-state index contributed by atoms with van der Waals surface area (Å²) in [6.07, 6.45) is 1.60. The van der Waals surface area contributed by atoms with E-state index in [-0.39, 0.29) is 17.7 Å². The van der Waals surface area contributed by atoms with Gasteiger partial charge in [-0.2, -0.15) is 0 Å². The lowest BCUT2D eigenvalue weighted by Gasteiger charge is -2.13. The Kier molecular flexibility index (Phi) is 7.19. The van der Waals surface area contributed by atoms with Gasteiger partial charge in [0.1, 0.15) is 0 Å². The Morgan fingerprint density at radius 1 is 1.24 bits per heavy atom. The van der Waals surface area contributed by atoms with E-state index in [1.807, 2.05) is 6.92 Å². The smallest absolute Gasteiger partial charge is 0.224 e. The van der Waals surface area contributed by atoms with Crippen molar-refractivity contribution in [2.75, 3.05) is 17.2 Å². The van der Waals surface area contributed by atoms with Crippen molar-refractivity contribution in [1.82, 2.24) is 0 Å². The van der Waals surface area contributed by atoms with Crippen LogP contribution in [0.3, 0.4) is 0 Å². The molecule has 0 radical (unpaired) electrons. The first kappa shape index (κ1) is 17.5. The van der Waals surface area contributed by atoms with Crippen LogP contribution >= 0.6 is 11.6 Å². The summed E-state index contributed by atoms with van der Waals surface area (Å²) in [7, 11) is 0. The predicted molar refractivity (Wildman–Crippen MR) is 86.5 cm³/mol. The molecule has 0 bridgehead atoms. The highest BCUT2D eigenvalue weighted by atomic mass is 35.5. The molecular weight excluding hydrogens is 290 g/mol. The molecule has 0 spiro atoms. The van der Waals surface area contributed by atoms with E-state index in [2.05, 4.69) is 10.6 Å². The summed E-state index contributed by atoms with van der Waals surface area (Å²) in [4.78, 5) is 23.3. The van der Waals surface area contributed by atoms with Gasteiger partial charge >= 0.3 is 0 Å². The number of carbonyl (C=O) groups excluding carboxylic acids is 2. The Hall–Kier alpha value is -1.59. The van der Waals surface area contributed by atoms with E-state index in [9.17, 15) is 9.59 Å². The van der Waals surface area contributed by atoms with Crippen LogP contribution in [0.25, 0.3) is 0 Å². The van der Waals surface area contributed by atoms with E-state index in [1.54, 1.807) is 25.1 Å². The van der Waals surface area contributed by atoms with Gasteiger partial charge in [-0.15, -0.1) is 0 Å². The number of nitrogens with one attached hydrogen (secondary N) is 2. The third-order valence-corrected chi connectivity index (χ3v) is 3.56. The maximum absolute atomic E-state index is 12.0. The number of benzene rings is 1. The van der Waals surface area contributed by atoms with Crippen molar-refractivity contribution in [3.05, 3.63) is 23.2 Å². The van der Waals surface area contributed by atoms with E-state index < -0.39 is 0 Å². The lowest BCUT2D eigenvalue weighted by Crippen LogP contribution is -2.22. The summed E-state index contributed by atoms with van der Waals surface area (Å²) < 4.78 is 0. The Balaban J connectivity index is 2.75. The fourth-order valence-corrected chi connectivity index (χ4v) is 1.97. The van der Waals surface area contributed by atoms with Crippen molar-refractivity contribution >= 4 is 34.8 Å². The van der Waals surface area contributed by atoms with Gasteiger partial charge in [0.25, 0.3) is 0 Å². The van der Waals surface area contributed by atoms with Crippen molar-refractivity contribution < 1.29 is 9.59 Å². The number of halogens is 1. The predicted octanol–water partition coefficient (Wildman–Crippen LogP) is 3.00. The van der Waals surface area contributed by atoms with Gasteiger partial charge in [0.05, 0.1) is 10.7 Å². The van der Waals surface area contributed by atoms with Crippen LogP contribution in [0.4, 0.5) is 11.4 Å². The Bertz CT molecular complexity index is 502. The summed E-state index contributed by atoms with van der Waals surface area (Å²) in [6.45, 7) is 4.24. The zero-order chi connectivity index (χ0) is 15.8. The molecule has 1 aromatic rings. The molecular formula is C15H22ClN3O2. The topological polar surface area (TPSA) is 84.2 Å². The van der Waals surface area contributed by atoms with Crippen molar-refractivity contribution in [1.29, 1.82) is 0 Å². The van der Waals surface area contributed by atoms with E-state index in [4.69, 9.17) is 17.3 Å². The molecule has 0 saturated carbocycles. The number of hydrogen-bond donors (Lipinski definition) is 3. The van der Waals surface area contributed by atoms with Crippen molar-refractivity contribution in [3.63, 3.8) is 0 Å². The lowest BCUT2D eigenvalue weighted by atomic mass is 10.0. The Morgan fingerprint density at radius 3 is 2.52 bits per heavy atom. The molecule has 4 N–H and O–H groups in total. The average Bonchev–Trinajstić information content (AvgIpc) is 2.48. The summed E-state index contributed by atoms with van der Waals surface area (Å²) in [5, 5.41) is 5.92. The van der Waals surface area contributed by atoms with Crippen LogP contribution in [-0.4, -0.2) is 18.4 Å². The fraction of sp³-hybridized carbons (Fsp3) is 0.467. The molecule has 116 valence electrons. The number of carbonyl (C=O) groups is 2. The molecule has 6 heteroatoms. The van der Waals surface area contributed by atoms with Crippen molar-refractivity contribution in [3.8, 4) is 0 Å². The van der Waals surface area contributed by atoms with Crippen molar-refractivity contribution in [2.45, 2.75) is 33.1 Å². The standard InChI is InChI=1S/C15H22ClN3O2/c1-3-10(9-17)7-15(21)19-13-8-11(5-6-12(13)16)18-14(20)4-2/h5-6,8,10H,3-4,7,9,17H2,1-2H3,(H,18,20)(H,19,21). The quantitative estimate of drug-likeness (QED) is 0.723. The monoisotopic (exact) mass is 311 g/mol. The average molecular weight is 312 g/mol. The molecule has 5 nitrogen and oxygen atoms in total. The Morgan fingerprint density at radius 2 is 1.95 bits per heavy atom. The van der Waals surface area contributed by atoms with Crippen LogP contribution in [0.15, 0.2) is 18.2 Å². The maximum Gasteiger partial charge on any atom is 0.224 e. The van der Waals surface area contributed by atoms with E-state index in [0.29, 0.717) is 35.8 Å². The van der Waals surface area contributed by atoms with Crippen LogP contribution in [0.1, 0.15) is 33.1 Å². The summed E-state index contributed by atoms with van der Waals surface area (Å²) >= 11 is 6.06. The molecule has 0 aliphatic carbocycles. The van der Waals surface area contributed by atoms with Gasteiger partial charge in [-0.05, 0) is 30.7 Å². The summed E-state index contributed by atoms with van der Waals surface area (Å²) in [5.74, 6) is -0.0660. The van der Waals surface area contributed by atoms with Gasteiger partial charge in [0.2, 0.25) is 11.8 Å². The van der Waals surface area contributed by atoms with Crippen LogP contribution in [0.5, 0.6) is 0 Å². The van der Waals surface area contributed by atoms with Crippen LogP contribution in [0.2, 0.25) is 5.02 Å². The third-order valence-electron chi connectivity index (χ3n) is 3.23. The zero-order valence-corrected chi connectivity index (χ0v) is 13.2. The summed E-state index contributed by atoms with van der Waals surface area (Å²) in [6, 6.07) is 4.99. The molecule has 0 aliphatic heterocycles. The first-order valence-electron chi connectivity index (χ1n) is 7.09. The third kappa shape index (κ3) is 5.73. The van der Waals surface area contributed by atoms with Crippen LogP contribution in [0, 0.1) is 5.92 Å². The minimum absolute atomic E-state index is 0.0937. The van der Waals surface area contributed by atoms with Crippen LogP contribution < -0.4 is 16.4 Å². The molecule has 1 atom stereocenters. The number of hydrogen-bond acceptors (Lipinski definition) is 3. The first-order valence-corrected chi connectivity index (χ1v) is 7.47. The molecule has 0 heterocycles. The van der Waals surface area contributed by atoms with Gasteiger partial charge in [-0.3, -0.25) is 9.59 Å². The second kappa shape index (κ2) is 8.64. The second-order valence-corrected chi connectivity index (χ2v) is 5.27. The number of rotatable bonds is 7. The number of anilines is 2. The number of amides is 2. The fourth-order valence-electron chi connectivity index (χ4n) is 1.81.